The second-order valence-corrected chi connectivity index (χ2v) is 10.4. The van der Waals surface area contributed by atoms with Crippen LogP contribution in [0.5, 0.6) is 5.75 Å². The summed E-state index contributed by atoms with van der Waals surface area (Å²) in [6.45, 7) is 3.04. The van der Waals surface area contributed by atoms with Crippen molar-refractivity contribution in [3.63, 3.8) is 0 Å². The van der Waals surface area contributed by atoms with Gasteiger partial charge in [0, 0.05) is 18.7 Å². The molecule has 2 heterocycles. The number of methoxy groups -OCH3 is 1. The summed E-state index contributed by atoms with van der Waals surface area (Å²) >= 11 is 0. The average Bonchev–Trinajstić information content (AvgIpc) is 3.19. The summed E-state index contributed by atoms with van der Waals surface area (Å²) in [4.78, 5) is 15.3. The first-order valence-electron chi connectivity index (χ1n) is 11.2. The van der Waals surface area contributed by atoms with E-state index >= 15 is 0 Å². The minimum absolute atomic E-state index is 0.0965. The van der Waals surface area contributed by atoms with Gasteiger partial charge in [0.15, 0.2) is 0 Å². The van der Waals surface area contributed by atoms with Crippen molar-refractivity contribution in [3.05, 3.63) is 59.7 Å². The third-order valence-electron chi connectivity index (χ3n) is 6.30. The molecule has 4 rings (SSSR count). The molecule has 32 heavy (non-hydrogen) atoms. The van der Waals surface area contributed by atoms with Gasteiger partial charge in [-0.25, -0.2) is 8.42 Å². The van der Waals surface area contributed by atoms with Crippen molar-refractivity contribution in [2.75, 3.05) is 43.3 Å². The van der Waals surface area contributed by atoms with Crippen LogP contribution in [0.25, 0.3) is 0 Å². The van der Waals surface area contributed by atoms with Crippen molar-refractivity contribution in [3.8, 4) is 5.75 Å². The summed E-state index contributed by atoms with van der Waals surface area (Å²) in [5.41, 5.74) is 2.29. The van der Waals surface area contributed by atoms with Crippen LogP contribution in [0, 0.1) is 0 Å². The fourth-order valence-corrected chi connectivity index (χ4v) is 6.08. The lowest BCUT2D eigenvalue weighted by Gasteiger charge is -2.35. The van der Waals surface area contributed by atoms with Crippen LogP contribution in [0.15, 0.2) is 48.5 Å². The Morgan fingerprint density at radius 1 is 0.969 bits per heavy atom. The molecule has 0 saturated carbocycles. The largest absolute Gasteiger partial charge is 0.497 e. The van der Waals surface area contributed by atoms with Crippen LogP contribution >= 0.6 is 0 Å². The summed E-state index contributed by atoms with van der Waals surface area (Å²) in [6.07, 6.45) is 4.22. The molecule has 0 aromatic heterocycles. The topological polar surface area (TPSA) is 79.0 Å². The molecule has 1 amide bonds. The molecule has 2 aromatic rings. The highest BCUT2D eigenvalue weighted by Gasteiger charge is 2.28. The zero-order chi connectivity index (χ0) is 22.6. The van der Waals surface area contributed by atoms with Crippen LogP contribution in [-0.2, 0) is 10.0 Å². The second-order valence-electron chi connectivity index (χ2n) is 8.38. The third-order valence-corrected chi connectivity index (χ3v) is 8.17. The molecule has 8 heteroatoms. The number of ether oxygens (including phenoxy) is 1. The Bertz CT molecular complexity index is 1020. The van der Waals surface area contributed by atoms with Crippen molar-refractivity contribution < 1.29 is 17.9 Å². The monoisotopic (exact) mass is 457 g/mol. The van der Waals surface area contributed by atoms with Gasteiger partial charge in [0.2, 0.25) is 10.0 Å². The number of nitrogens with zero attached hydrogens (tertiary/aromatic N) is 2. The van der Waals surface area contributed by atoms with Gasteiger partial charge in [-0.15, -0.1) is 0 Å². The number of rotatable bonds is 7. The number of hydrogen-bond acceptors (Lipinski definition) is 5. The normalized spacial score (nSPS) is 19.5. The maximum atomic E-state index is 12.8. The molecule has 7 nitrogen and oxygen atoms in total. The van der Waals surface area contributed by atoms with E-state index in [1.807, 2.05) is 12.1 Å². The van der Waals surface area contributed by atoms with E-state index in [4.69, 9.17) is 4.74 Å². The van der Waals surface area contributed by atoms with E-state index in [1.54, 1.807) is 31.4 Å². The number of anilines is 1. The first-order valence-corrected chi connectivity index (χ1v) is 12.9. The number of hydrogen-bond donors (Lipinski definition) is 1. The highest BCUT2D eigenvalue weighted by molar-refractivity contribution is 7.93. The standard InChI is InChI=1S/C24H31N3O4S/c1-31-22-12-8-19(9-13-22)23(26-14-3-2-4-15-26)18-25-24(28)20-6-10-21(11-7-20)27-16-5-17-32(27,29)30/h6-13,23H,2-5,14-18H2,1H3,(H,25,28)/t23-/m0/s1. The molecule has 2 aliphatic heterocycles. The highest BCUT2D eigenvalue weighted by atomic mass is 32.2. The van der Waals surface area contributed by atoms with E-state index in [0.29, 0.717) is 30.8 Å². The number of amides is 1. The van der Waals surface area contributed by atoms with Gasteiger partial charge in [0.1, 0.15) is 5.75 Å². The number of carbonyl (C=O) groups excluding carboxylic acids is 1. The number of sulfonamides is 1. The molecular formula is C24H31N3O4S. The van der Waals surface area contributed by atoms with Crippen LogP contribution in [-0.4, -0.2) is 58.3 Å². The van der Waals surface area contributed by atoms with Crippen LogP contribution in [0.4, 0.5) is 5.69 Å². The molecule has 1 N–H and O–H groups in total. The molecule has 0 radical (unpaired) electrons. The summed E-state index contributed by atoms with van der Waals surface area (Å²) in [5.74, 6) is 0.838. The van der Waals surface area contributed by atoms with Gasteiger partial charge in [0.05, 0.1) is 24.6 Å². The van der Waals surface area contributed by atoms with Gasteiger partial charge in [-0.05, 0) is 74.3 Å². The van der Waals surface area contributed by atoms with Gasteiger partial charge >= 0.3 is 0 Å². The van der Waals surface area contributed by atoms with Crippen molar-refractivity contribution in [1.82, 2.24) is 10.2 Å². The second kappa shape index (κ2) is 9.92. The van der Waals surface area contributed by atoms with E-state index in [0.717, 1.165) is 24.4 Å². The van der Waals surface area contributed by atoms with Gasteiger partial charge in [-0.2, -0.15) is 0 Å². The molecule has 0 unspecified atom stereocenters. The van der Waals surface area contributed by atoms with Gasteiger partial charge < -0.3 is 10.1 Å². The van der Waals surface area contributed by atoms with E-state index in [2.05, 4.69) is 22.3 Å². The Morgan fingerprint density at radius 3 is 2.25 bits per heavy atom. The summed E-state index contributed by atoms with van der Waals surface area (Å²) < 4.78 is 30.9. The molecule has 2 saturated heterocycles. The van der Waals surface area contributed by atoms with E-state index in [1.165, 1.54) is 23.6 Å². The van der Waals surface area contributed by atoms with Gasteiger partial charge in [-0.1, -0.05) is 18.6 Å². The highest BCUT2D eigenvalue weighted by Crippen LogP contribution is 2.27. The van der Waals surface area contributed by atoms with E-state index in [-0.39, 0.29) is 17.7 Å². The maximum absolute atomic E-state index is 12.8. The molecule has 0 bridgehead atoms. The minimum Gasteiger partial charge on any atom is -0.497 e. The van der Waals surface area contributed by atoms with Gasteiger partial charge in [-0.3, -0.25) is 14.0 Å². The SMILES string of the molecule is COc1ccc([C@H](CNC(=O)c2ccc(N3CCCS3(=O)=O)cc2)N2CCCCC2)cc1. The lowest BCUT2D eigenvalue weighted by Crippen LogP contribution is -2.40. The molecule has 1 atom stereocenters. The number of carbonyl (C=O) groups is 1. The Hall–Kier alpha value is -2.58. The lowest BCUT2D eigenvalue weighted by molar-refractivity contribution is 0.0924. The van der Waals surface area contributed by atoms with E-state index < -0.39 is 10.0 Å². The molecule has 172 valence electrons. The Balaban J connectivity index is 1.44. The Labute approximate surface area is 190 Å². The predicted octanol–water partition coefficient (Wildman–Crippen LogP) is 3.19. The van der Waals surface area contributed by atoms with Crippen LogP contribution in [0.1, 0.15) is 47.6 Å². The summed E-state index contributed by atoms with van der Waals surface area (Å²) in [5, 5.41) is 3.08. The van der Waals surface area contributed by atoms with Crippen molar-refractivity contribution in [1.29, 1.82) is 0 Å². The zero-order valence-electron chi connectivity index (χ0n) is 18.5. The Morgan fingerprint density at radius 2 is 1.66 bits per heavy atom. The fourth-order valence-electron chi connectivity index (χ4n) is 4.51. The summed E-state index contributed by atoms with van der Waals surface area (Å²) in [7, 11) is -1.57. The minimum atomic E-state index is -3.22. The third kappa shape index (κ3) is 5.07. The number of likely N-dealkylation sites (tertiary alicyclic amines) is 1. The molecular weight excluding hydrogens is 426 g/mol. The van der Waals surface area contributed by atoms with Crippen molar-refractivity contribution in [2.45, 2.75) is 31.7 Å². The number of piperidine rings is 1. The fraction of sp³-hybridized carbons (Fsp3) is 0.458. The van der Waals surface area contributed by atoms with Crippen LogP contribution in [0.3, 0.4) is 0 Å². The Kier molecular flexibility index (Phi) is 7.01. The first-order chi connectivity index (χ1) is 15.5. The molecule has 2 aliphatic rings. The molecule has 2 fully saturated rings. The zero-order valence-corrected chi connectivity index (χ0v) is 19.3. The molecule has 2 aromatic carbocycles. The van der Waals surface area contributed by atoms with Crippen molar-refractivity contribution in [2.24, 2.45) is 0 Å². The molecule has 0 spiro atoms. The summed E-state index contributed by atoms with van der Waals surface area (Å²) in [6, 6.07) is 15.0. The quantitative estimate of drug-likeness (QED) is 0.691. The first kappa shape index (κ1) is 22.6. The molecule has 0 aliphatic carbocycles. The average molecular weight is 458 g/mol. The predicted molar refractivity (Wildman–Crippen MR) is 126 cm³/mol. The lowest BCUT2D eigenvalue weighted by atomic mass is 10.0. The van der Waals surface area contributed by atoms with Crippen molar-refractivity contribution >= 4 is 21.6 Å². The smallest absolute Gasteiger partial charge is 0.251 e. The van der Waals surface area contributed by atoms with E-state index in [9.17, 15) is 13.2 Å². The van der Waals surface area contributed by atoms with Gasteiger partial charge in [0.25, 0.3) is 5.91 Å². The maximum Gasteiger partial charge on any atom is 0.251 e. The number of nitrogens with one attached hydrogen (secondary N) is 1. The number of benzene rings is 2. The van der Waals surface area contributed by atoms with Crippen LogP contribution < -0.4 is 14.4 Å². The van der Waals surface area contributed by atoms with Crippen LogP contribution in [0.2, 0.25) is 0 Å².